The minimum absolute atomic E-state index is 0.547. The molecule has 1 N–H and O–H groups in total. The molecular weight excluding hydrogens is 174 g/mol. The molecule has 0 aromatic rings. The van der Waals surface area contributed by atoms with Crippen molar-refractivity contribution in [1.29, 1.82) is 0 Å². The molecule has 2 heteroatoms. The average molecular weight is 199 g/mol. The topological polar surface area (TPSA) is 21.3 Å². The highest BCUT2D eigenvalue weighted by Crippen LogP contribution is 2.23. The van der Waals surface area contributed by atoms with Crippen molar-refractivity contribution in [3.63, 3.8) is 0 Å². The van der Waals surface area contributed by atoms with Gasteiger partial charge in [-0.1, -0.05) is 20.8 Å². The van der Waals surface area contributed by atoms with Crippen molar-refractivity contribution in [3.05, 3.63) is 0 Å². The number of ether oxygens (including phenoxy) is 1. The summed E-state index contributed by atoms with van der Waals surface area (Å²) in [5, 5.41) is 3.44. The minimum atomic E-state index is 0.547. The van der Waals surface area contributed by atoms with Crippen molar-refractivity contribution in [1.82, 2.24) is 5.32 Å². The Morgan fingerprint density at radius 1 is 1.36 bits per heavy atom. The number of rotatable bonds is 7. The van der Waals surface area contributed by atoms with Gasteiger partial charge in [0.1, 0.15) is 0 Å². The third kappa shape index (κ3) is 4.43. The summed E-state index contributed by atoms with van der Waals surface area (Å²) in [7, 11) is 0. The highest BCUT2D eigenvalue weighted by atomic mass is 16.5. The first-order chi connectivity index (χ1) is 6.72. The Labute approximate surface area is 88.4 Å². The van der Waals surface area contributed by atoms with Crippen LogP contribution in [0.5, 0.6) is 0 Å². The van der Waals surface area contributed by atoms with Gasteiger partial charge in [-0.2, -0.15) is 0 Å². The summed E-state index contributed by atoms with van der Waals surface area (Å²) in [6.45, 7) is 8.75. The van der Waals surface area contributed by atoms with Crippen LogP contribution in [0, 0.1) is 5.92 Å². The van der Waals surface area contributed by atoms with Crippen LogP contribution in [0.4, 0.5) is 0 Å². The van der Waals surface area contributed by atoms with E-state index >= 15 is 0 Å². The molecule has 0 spiro atoms. The van der Waals surface area contributed by atoms with Crippen molar-refractivity contribution in [2.45, 2.75) is 58.6 Å². The molecule has 14 heavy (non-hydrogen) atoms. The summed E-state index contributed by atoms with van der Waals surface area (Å²) >= 11 is 0. The number of hydrogen-bond acceptors (Lipinski definition) is 2. The first kappa shape index (κ1) is 12.0. The van der Waals surface area contributed by atoms with Gasteiger partial charge in [-0.25, -0.2) is 0 Å². The zero-order chi connectivity index (χ0) is 10.4. The summed E-state index contributed by atoms with van der Waals surface area (Å²) in [5.74, 6) is 0.814. The maximum atomic E-state index is 5.76. The Hall–Kier alpha value is -0.0800. The van der Waals surface area contributed by atoms with Crippen molar-refractivity contribution in [3.8, 4) is 0 Å². The van der Waals surface area contributed by atoms with E-state index in [0.29, 0.717) is 6.10 Å². The Morgan fingerprint density at radius 3 is 2.64 bits per heavy atom. The first-order valence-electron chi connectivity index (χ1n) is 6.07. The molecule has 1 fully saturated rings. The summed E-state index contributed by atoms with van der Waals surface area (Å²) in [6.07, 6.45) is 5.50. The predicted molar refractivity (Wildman–Crippen MR) is 60.5 cm³/mol. The van der Waals surface area contributed by atoms with Crippen molar-refractivity contribution >= 4 is 0 Å². The normalized spacial score (nSPS) is 26.6. The van der Waals surface area contributed by atoms with Gasteiger partial charge in [0, 0.05) is 12.6 Å². The fourth-order valence-corrected chi connectivity index (χ4v) is 1.90. The third-order valence-corrected chi connectivity index (χ3v) is 2.87. The minimum Gasteiger partial charge on any atom is -0.378 e. The van der Waals surface area contributed by atoms with E-state index in [-0.39, 0.29) is 0 Å². The van der Waals surface area contributed by atoms with E-state index in [1.54, 1.807) is 0 Å². The second-order valence-corrected chi connectivity index (χ2v) is 4.75. The van der Waals surface area contributed by atoms with Crippen LogP contribution in [0.3, 0.4) is 0 Å². The number of hydrogen-bond donors (Lipinski definition) is 1. The average Bonchev–Trinajstić information content (AvgIpc) is 2.06. The molecule has 0 saturated heterocycles. The van der Waals surface area contributed by atoms with Crippen LogP contribution in [0.1, 0.15) is 46.5 Å². The molecule has 0 radical (unpaired) electrons. The highest BCUT2D eigenvalue weighted by Gasteiger charge is 2.28. The number of nitrogens with one attached hydrogen (secondary N) is 1. The second kappa shape index (κ2) is 6.41. The lowest BCUT2D eigenvalue weighted by Gasteiger charge is -2.35. The molecule has 1 rings (SSSR count). The molecule has 0 heterocycles. The SMILES string of the molecule is CCNC1CC(OCCCC(C)C)C1. The Bertz CT molecular complexity index is 141. The fraction of sp³-hybridized carbons (Fsp3) is 1.00. The van der Waals surface area contributed by atoms with Gasteiger partial charge >= 0.3 is 0 Å². The van der Waals surface area contributed by atoms with Crippen LogP contribution in [0.2, 0.25) is 0 Å². The molecule has 84 valence electrons. The van der Waals surface area contributed by atoms with Gasteiger partial charge in [-0.3, -0.25) is 0 Å². The van der Waals surface area contributed by atoms with Crippen LogP contribution in [0.15, 0.2) is 0 Å². The van der Waals surface area contributed by atoms with Crippen LogP contribution < -0.4 is 5.32 Å². The van der Waals surface area contributed by atoms with Crippen LogP contribution in [0.25, 0.3) is 0 Å². The molecule has 0 atom stereocenters. The summed E-state index contributed by atoms with van der Waals surface area (Å²) in [6, 6.07) is 0.732. The standard InChI is InChI=1S/C12H25NO/c1-4-13-11-8-12(9-11)14-7-5-6-10(2)3/h10-13H,4-9H2,1-3H3. The summed E-state index contributed by atoms with van der Waals surface area (Å²) in [5.41, 5.74) is 0. The highest BCUT2D eigenvalue weighted by molar-refractivity contribution is 4.85. The molecule has 0 aromatic carbocycles. The van der Waals surface area contributed by atoms with Gasteiger partial charge in [0.2, 0.25) is 0 Å². The van der Waals surface area contributed by atoms with Gasteiger partial charge in [0.15, 0.2) is 0 Å². The van der Waals surface area contributed by atoms with Gasteiger partial charge in [-0.15, -0.1) is 0 Å². The first-order valence-corrected chi connectivity index (χ1v) is 6.07. The zero-order valence-corrected chi connectivity index (χ0v) is 9.88. The van der Waals surface area contributed by atoms with Gasteiger partial charge in [0.25, 0.3) is 0 Å². The molecule has 0 bridgehead atoms. The lowest BCUT2D eigenvalue weighted by atomic mass is 9.89. The van der Waals surface area contributed by atoms with E-state index in [9.17, 15) is 0 Å². The maximum absolute atomic E-state index is 5.76. The summed E-state index contributed by atoms with van der Waals surface area (Å²) in [4.78, 5) is 0. The lowest BCUT2D eigenvalue weighted by molar-refractivity contribution is -0.0180. The molecule has 1 aliphatic rings. The predicted octanol–water partition coefficient (Wildman–Crippen LogP) is 2.58. The zero-order valence-electron chi connectivity index (χ0n) is 9.88. The fourth-order valence-electron chi connectivity index (χ4n) is 1.90. The lowest BCUT2D eigenvalue weighted by Crippen LogP contribution is -2.45. The van der Waals surface area contributed by atoms with Crippen LogP contribution in [-0.2, 0) is 4.74 Å². The van der Waals surface area contributed by atoms with E-state index in [4.69, 9.17) is 4.74 Å². The Balaban J connectivity index is 1.86. The molecule has 0 aromatic heterocycles. The molecule has 0 unspecified atom stereocenters. The van der Waals surface area contributed by atoms with Gasteiger partial charge < -0.3 is 10.1 Å². The molecule has 2 nitrogen and oxygen atoms in total. The van der Waals surface area contributed by atoms with Crippen LogP contribution in [-0.4, -0.2) is 25.3 Å². The van der Waals surface area contributed by atoms with Crippen molar-refractivity contribution in [2.24, 2.45) is 5.92 Å². The molecule has 1 saturated carbocycles. The van der Waals surface area contributed by atoms with E-state index < -0.39 is 0 Å². The summed E-state index contributed by atoms with van der Waals surface area (Å²) < 4.78 is 5.76. The maximum Gasteiger partial charge on any atom is 0.0604 e. The molecule has 1 aliphatic carbocycles. The monoisotopic (exact) mass is 199 g/mol. The van der Waals surface area contributed by atoms with Gasteiger partial charge in [-0.05, 0) is 38.1 Å². The van der Waals surface area contributed by atoms with E-state index in [0.717, 1.165) is 25.1 Å². The van der Waals surface area contributed by atoms with E-state index in [2.05, 4.69) is 26.1 Å². The van der Waals surface area contributed by atoms with Crippen molar-refractivity contribution in [2.75, 3.05) is 13.2 Å². The quantitative estimate of drug-likeness (QED) is 0.636. The Kier molecular flexibility index (Phi) is 5.49. The second-order valence-electron chi connectivity index (χ2n) is 4.75. The Morgan fingerprint density at radius 2 is 2.07 bits per heavy atom. The molecule has 0 amide bonds. The van der Waals surface area contributed by atoms with Crippen molar-refractivity contribution < 1.29 is 4.74 Å². The van der Waals surface area contributed by atoms with E-state index in [1.807, 2.05) is 0 Å². The molecule has 0 aliphatic heterocycles. The third-order valence-electron chi connectivity index (χ3n) is 2.87. The van der Waals surface area contributed by atoms with Crippen LogP contribution >= 0.6 is 0 Å². The van der Waals surface area contributed by atoms with Gasteiger partial charge in [0.05, 0.1) is 6.10 Å². The van der Waals surface area contributed by atoms with E-state index in [1.165, 1.54) is 25.7 Å². The largest absolute Gasteiger partial charge is 0.378 e. The smallest absolute Gasteiger partial charge is 0.0604 e. The molecular formula is C12H25NO.